The van der Waals surface area contributed by atoms with Crippen molar-refractivity contribution < 1.29 is 13.2 Å². The molecule has 0 aliphatic carbocycles. The van der Waals surface area contributed by atoms with Crippen molar-refractivity contribution in [3.63, 3.8) is 0 Å². The van der Waals surface area contributed by atoms with Crippen LogP contribution in [0, 0.1) is 5.41 Å². The third-order valence-corrected chi connectivity index (χ3v) is 1.58. The molecule has 0 rings (SSSR count). The fourth-order valence-corrected chi connectivity index (χ4v) is 1.04. The van der Waals surface area contributed by atoms with Gasteiger partial charge in [-0.05, 0) is 12.3 Å². The first kappa shape index (κ1) is 12.3. The van der Waals surface area contributed by atoms with Gasteiger partial charge in [0.15, 0.2) is 0 Å². The molecule has 4 heteroatoms. The molecule has 1 nitrogen and oxygen atoms in total. The second kappa shape index (κ2) is 3.60. The Morgan fingerprint density at radius 2 is 1.62 bits per heavy atom. The van der Waals surface area contributed by atoms with Crippen LogP contribution in [0.25, 0.3) is 0 Å². The highest BCUT2D eigenvalue weighted by Crippen LogP contribution is 2.33. The fourth-order valence-electron chi connectivity index (χ4n) is 1.04. The lowest BCUT2D eigenvalue weighted by Crippen LogP contribution is -2.50. The molecule has 0 spiro atoms. The van der Waals surface area contributed by atoms with E-state index >= 15 is 0 Å². The molecule has 0 heterocycles. The van der Waals surface area contributed by atoms with Crippen molar-refractivity contribution in [1.82, 2.24) is 5.32 Å². The average molecular weight is 195 g/mol. The largest absolute Gasteiger partial charge is 0.409 e. The first-order valence-electron chi connectivity index (χ1n) is 4.04. The lowest BCUT2D eigenvalue weighted by atomic mass is 9.86. The predicted molar refractivity (Wildman–Crippen MR) is 47.2 cm³/mol. The van der Waals surface area contributed by atoms with Gasteiger partial charge in [-0.3, -0.25) is 0 Å². The van der Waals surface area contributed by atoms with Crippen LogP contribution >= 0.6 is 0 Å². The van der Waals surface area contributed by atoms with Gasteiger partial charge in [0.25, 0.3) is 0 Å². The fraction of sp³-hybridized carbons (Fsp3) is 0.778. The quantitative estimate of drug-likeness (QED) is 0.714. The van der Waals surface area contributed by atoms with Crippen LogP contribution in [0.5, 0.6) is 0 Å². The number of alkyl halides is 3. The van der Waals surface area contributed by atoms with Crippen molar-refractivity contribution in [3.8, 4) is 0 Å². The van der Waals surface area contributed by atoms with E-state index in [0.29, 0.717) is 5.70 Å². The molecule has 0 aromatic rings. The topological polar surface area (TPSA) is 12.0 Å². The Morgan fingerprint density at radius 3 is 1.69 bits per heavy atom. The van der Waals surface area contributed by atoms with E-state index in [-0.39, 0.29) is 0 Å². The summed E-state index contributed by atoms with van der Waals surface area (Å²) >= 11 is 0. The van der Waals surface area contributed by atoms with Gasteiger partial charge >= 0.3 is 6.18 Å². The van der Waals surface area contributed by atoms with Crippen LogP contribution in [-0.4, -0.2) is 12.2 Å². The zero-order valence-electron chi connectivity index (χ0n) is 8.42. The smallest absolute Gasteiger partial charge is 0.378 e. The van der Waals surface area contributed by atoms with Gasteiger partial charge in [-0.1, -0.05) is 27.4 Å². The molecule has 0 aliphatic heterocycles. The van der Waals surface area contributed by atoms with Crippen molar-refractivity contribution in [2.75, 3.05) is 0 Å². The summed E-state index contributed by atoms with van der Waals surface area (Å²) < 4.78 is 37.4. The van der Waals surface area contributed by atoms with E-state index in [4.69, 9.17) is 0 Å². The van der Waals surface area contributed by atoms with Gasteiger partial charge in [0.05, 0.1) is 0 Å². The maximum atomic E-state index is 12.5. The normalized spacial score (nSPS) is 15.3. The second-order valence-corrected chi connectivity index (χ2v) is 4.27. The highest BCUT2D eigenvalue weighted by Gasteiger charge is 2.46. The molecule has 1 atom stereocenters. The zero-order chi connectivity index (χ0) is 10.9. The maximum absolute atomic E-state index is 12.5. The van der Waals surface area contributed by atoms with Crippen molar-refractivity contribution in [1.29, 1.82) is 0 Å². The van der Waals surface area contributed by atoms with Crippen molar-refractivity contribution in [2.24, 2.45) is 5.41 Å². The number of allylic oxidation sites excluding steroid dienone is 1. The van der Waals surface area contributed by atoms with Gasteiger partial charge in [0.1, 0.15) is 6.04 Å². The van der Waals surface area contributed by atoms with Crippen LogP contribution in [0.1, 0.15) is 27.7 Å². The Morgan fingerprint density at radius 1 is 1.23 bits per heavy atom. The molecule has 0 radical (unpaired) electrons. The summed E-state index contributed by atoms with van der Waals surface area (Å²) in [5, 5.41) is 2.34. The molecule has 1 unspecified atom stereocenters. The lowest BCUT2D eigenvalue weighted by molar-refractivity contribution is -0.175. The third-order valence-electron chi connectivity index (χ3n) is 1.58. The van der Waals surface area contributed by atoms with E-state index in [0.717, 1.165) is 0 Å². The molecule has 0 aromatic carbocycles. The molecular weight excluding hydrogens is 179 g/mol. The van der Waals surface area contributed by atoms with Gasteiger partial charge in [-0.15, -0.1) is 0 Å². The number of hydrogen-bond donors (Lipinski definition) is 1. The monoisotopic (exact) mass is 195 g/mol. The molecule has 0 fully saturated rings. The Bertz CT molecular complexity index is 174. The highest BCUT2D eigenvalue weighted by molar-refractivity contribution is 4.96. The van der Waals surface area contributed by atoms with Crippen LogP contribution in [0.2, 0.25) is 0 Å². The third kappa shape index (κ3) is 4.20. The maximum Gasteiger partial charge on any atom is 0.409 e. The van der Waals surface area contributed by atoms with Crippen LogP contribution < -0.4 is 5.32 Å². The minimum absolute atomic E-state index is 0.331. The number of halogens is 3. The van der Waals surface area contributed by atoms with Crippen LogP contribution in [0.4, 0.5) is 13.2 Å². The summed E-state index contributed by atoms with van der Waals surface area (Å²) in [5.41, 5.74) is -0.533. The molecule has 0 aliphatic rings. The van der Waals surface area contributed by atoms with Crippen LogP contribution in [0.15, 0.2) is 12.3 Å². The van der Waals surface area contributed by atoms with Gasteiger partial charge in [-0.2, -0.15) is 13.2 Å². The molecular formula is C9H16F3N. The summed E-state index contributed by atoms with van der Waals surface area (Å²) in [6.07, 6.45) is -4.24. The van der Waals surface area contributed by atoms with Crippen molar-refractivity contribution >= 4 is 0 Å². The Labute approximate surface area is 77.0 Å². The minimum atomic E-state index is -4.24. The van der Waals surface area contributed by atoms with Gasteiger partial charge in [0.2, 0.25) is 0 Å². The highest BCUT2D eigenvalue weighted by atomic mass is 19.4. The van der Waals surface area contributed by atoms with Crippen LogP contribution in [-0.2, 0) is 0 Å². The van der Waals surface area contributed by atoms with Gasteiger partial charge < -0.3 is 5.32 Å². The lowest BCUT2D eigenvalue weighted by Gasteiger charge is -2.33. The molecule has 0 saturated carbocycles. The first-order valence-corrected chi connectivity index (χ1v) is 4.04. The summed E-state index contributed by atoms with van der Waals surface area (Å²) in [5.74, 6) is 0. The van der Waals surface area contributed by atoms with Gasteiger partial charge in [-0.25, -0.2) is 0 Å². The van der Waals surface area contributed by atoms with Crippen molar-refractivity contribution in [2.45, 2.75) is 39.9 Å². The summed E-state index contributed by atoms with van der Waals surface area (Å²) in [4.78, 5) is 0. The van der Waals surface area contributed by atoms with E-state index in [2.05, 4.69) is 11.9 Å². The number of nitrogens with one attached hydrogen (secondary N) is 1. The zero-order valence-corrected chi connectivity index (χ0v) is 8.42. The summed E-state index contributed by atoms with van der Waals surface area (Å²) in [6, 6.07) is -1.54. The molecule has 78 valence electrons. The van der Waals surface area contributed by atoms with E-state index in [1.54, 1.807) is 20.8 Å². The number of rotatable bonds is 2. The SMILES string of the molecule is C=C(C)NC(C(C)(C)C)C(F)(F)F. The number of hydrogen-bond acceptors (Lipinski definition) is 1. The predicted octanol–water partition coefficient (Wildman–Crippen LogP) is 3.09. The standard InChI is InChI=1S/C9H16F3N/c1-6(2)13-7(8(3,4)5)9(10,11)12/h7,13H,1H2,2-5H3. The Hall–Kier alpha value is -0.670. The first-order chi connectivity index (χ1) is 5.55. The van der Waals surface area contributed by atoms with Gasteiger partial charge in [0, 0.05) is 5.70 Å². The molecule has 1 N–H and O–H groups in total. The minimum Gasteiger partial charge on any atom is -0.378 e. The Balaban J connectivity index is 4.68. The summed E-state index contributed by atoms with van der Waals surface area (Å²) in [6.45, 7) is 9.56. The molecule has 13 heavy (non-hydrogen) atoms. The van der Waals surface area contributed by atoms with Crippen LogP contribution in [0.3, 0.4) is 0 Å². The van der Waals surface area contributed by atoms with E-state index in [1.165, 1.54) is 6.92 Å². The van der Waals surface area contributed by atoms with E-state index in [9.17, 15) is 13.2 Å². The molecule has 0 bridgehead atoms. The molecule has 0 saturated heterocycles. The van der Waals surface area contributed by atoms with Crippen molar-refractivity contribution in [3.05, 3.63) is 12.3 Å². The van der Waals surface area contributed by atoms with E-state index < -0.39 is 17.6 Å². The molecule has 0 aromatic heterocycles. The Kier molecular flexibility index (Phi) is 3.41. The van der Waals surface area contributed by atoms with E-state index in [1.807, 2.05) is 0 Å². The average Bonchev–Trinajstić information content (AvgIpc) is 1.77. The second-order valence-electron chi connectivity index (χ2n) is 4.27. The molecule has 0 amide bonds. The summed E-state index contributed by atoms with van der Waals surface area (Å²) in [7, 11) is 0.